The molecule has 0 saturated heterocycles. The van der Waals surface area contributed by atoms with E-state index < -0.39 is 0 Å². The molecule has 2 aromatic rings. The predicted octanol–water partition coefficient (Wildman–Crippen LogP) is 0.00540. The van der Waals surface area contributed by atoms with E-state index in [1.54, 1.807) is 10.8 Å². The van der Waals surface area contributed by atoms with Crippen molar-refractivity contribution in [1.82, 2.24) is 19.7 Å². The summed E-state index contributed by atoms with van der Waals surface area (Å²) in [5, 5.41) is 10.3. The van der Waals surface area contributed by atoms with E-state index in [2.05, 4.69) is 20.5 Å². The molecule has 0 unspecified atom stereocenters. The van der Waals surface area contributed by atoms with E-state index in [4.69, 9.17) is 10.2 Å². The fourth-order valence-corrected chi connectivity index (χ4v) is 0.968. The van der Waals surface area contributed by atoms with Crippen molar-refractivity contribution in [3.63, 3.8) is 0 Å². The van der Waals surface area contributed by atoms with Crippen LogP contribution >= 0.6 is 0 Å². The quantitative estimate of drug-likeness (QED) is 0.714. The Balaban J connectivity index is 2.15. The van der Waals surface area contributed by atoms with Crippen molar-refractivity contribution in [2.24, 2.45) is 12.8 Å². The first-order valence-corrected chi connectivity index (χ1v) is 4.06. The number of nitrogens with zero attached hydrogens (tertiary/aromatic N) is 4. The first-order chi connectivity index (χ1) is 6.79. The number of nitrogens with one attached hydrogen (secondary N) is 1. The predicted molar refractivity (Wildman–Crippen MR) is 48.7 cm³/mol. The van der Waals surface area contributed by atoms with Crippen molar-refractivity contribution in [3.8, 4) is 0 Å². The SMILES string of the molecule is Cn1ccnc1Nc1nnc(CN)o1. The zero-order chi connectivity index (χ0) is 9.97. The maximum atomic E-state index is 5.32. The summed E-state index contributed by atoms with van der Waals surface area (Å²) >= 11 is 0. The van der Waals surface area contributed by atoms with Gasteiger partial charge >= 0.3 is 6.01 Å². The molecule has 0 radical (unpaired) electrons. The lowest BCUT2D eigenvalue weighted by Gasteiger charge is -1.99. The molecule has 2 heterocycles. The van der Waals surface area contributed by atoms with Crippen molar-refractivity contribution in [3.05, 3.63) is 18.3 Å². The van der Waals surface area contributed by atoms with Gasteiger partial charge in [0.05, 0.1) is 6.54 Å². The highest BCUT2D eigenvalue weighted by Gasteiger charge is 2.06. The fraction of sp³-hybridized carbons (Fsp3) is 0.286. The number of rotatable bonds is 3. The topological polar surface area (TPSA) is 94.8 Å². The Kier molecular flexibility index (Phi) is 2.15. The van der Waals surface area contributed by atoms with Crippen LogP contribution in [-0.2, 0) is 13.6 Å². The van der Waals surface area contributed by atoms with Crippen molar-refractivity contribution in [2.75, 3.05) is 5.32 Å². The maximum Gasteiger partial charge on any atom is 0.322 e. The first-order valence-electron chi connectivity index (χ1n) is 4.06. The highest BCUT2D eigenvalue weighted by molar-refractivity contribution is 5.39. The number of anilines is 2. The van der Waals surface area contributed by atoms with Crippen LogP contribution in [0.4, 0.5) is 12.0 Å². The Morgan fingerprint density at radius 2 is 2.43 bits per heavy atom. The Morgan fingerprint density at radius 1 is 1.57 bits per heavy atom. The lowest BCUT2D eigenvalue weighted by atomic mass is 10.7. The smallest absolute Gasteiger partial charge is 0.322 e. The van der Waals surface area contributed by atoms with Crippen LogP contribution in [0.5, 0.6) is 0 Å². The Bertz CT molecular complexity index is 419. The van der Waals surface area contributed by atoms with Crippen molar-refractivity contribution in [1.29, 1.82) is 0 Å². The number of imidazole rings is 1. The normalized spacial score (nSPS) is 10.4. The van der Waals surface area contributed by atoms with Gasteiger partial charge in [-0.3, -0.25) is 5.32 Å². The maximum absolute atomic E-state index is 5.32. The lowest BCUT2D eigenvalue weighted by molar-refractivity contribution is 0.510. The van der Waals surface area contributed by atoms with Gasteiger partial charge < -0.3 is 14.7 Å². The number of hydrogen-bond acceptors (Lipinski definition) is 6. The third kappa shape index (κ3) is 1.57. The van der Waals surface area contributed by atoms with Gasteiger partial charge in [0.25, 0.3) is 0 Å². The highest BCUT2D eigenvalue weighted by Crippen LogP contribution is 2.11. The monoisotopic (exact) mass is 194 g/mol. The molecule has 0 saturated carbocycles. The summed E-state index contributed by atoms with van der Waals surface area (Å²) in [4.78, 5) is 4.04. The van der Waals surface area contributed by atoms with Crippen LogP contribution < -0.4 is 11.1 Å². The van der Waals surface area contributed by atoms with Crippen LogP contribution in [0.15, 0.2) is 16.8 Å². The molecule has 7 heteroatoms. The summed E-state index contributed by atoms with van der Waals surface area (Å²) in [7, 11) is 1.86. The van der Waals surface area contributed by atoms with Crippen molar-refractivity contribution >= 4 is 12.0 Å². The molecule has 0 bridgehead atoms. The summed E-state index contributed by atoms with van der Waals surface area (Å²) in [5.74, 6) is 1.03. The molecule has 0 aliphatic heterocycles. The Labute approximate surface area is 79.9 Å². The van der Waals surface area contributed by atoms with Crippen LogP contribution in [0.2, 0.25) is 0 Å². The molecule has 0 atom stereocenters. The van der Waals surface area contributed by atoms with Gasteiger partial charge in [-0.15, -0.1) is 5.10 Å². The van der Waals surface area contributed by atoms with Crippen LogP contribution in [0, 0.1) is 0 Å². The van der Waals surface area contributed by atoms with Gasteiger partial charge in [-0.1, -0.05) is 5.10 Å². The summed E-state index contributed by atoms with van der Waals surface area (Å²) in [6, 6.07) is 0.291. The minimum Gasteiger partial charge on any atom is -0.406 e. The largest absolute Gasteiger partial charge is 0.406 e. The molecule has 2 aromatic heterocycles. The zero-order valence-electron chi connectivity index (χ0n) is 7.64. The van der Waals surface area contributed by atoms with E-state index in [-0.39, 0.29) is 6.54 Å². The molecular weight excluding hydrogens is 184 g/mol. The molecule has 0 aromatic carbocycles. The van der Waals surface area contributed by atoms with Crippen LogP contribution in [-0.4, -0.2) is 19.7 Å². The van der Waals surface area contributed by atoms with Gasteiger partial charge in [-0.25, -0.2) is 4.98 Å². The Hall–Kier alpha value is -1.89. The molecular formula is C7H10N6O. The average Bonchev–Trinajstić information content (AvgIpc) is 2.77. The Morgan fingerprint density at radius 3 is 3.00 bits per heavy atom. The summed E-state index contributed by atoms with van der Waals surface area (Å²) in [6.07, 6.45) is 3.48. The number of aryl methyl sites for hydroxylation is 1. The standard InChI is InChI=1S/C7H10N6O/c1-13-3-2-9-6(13)10-7-12-11-5(4-8)14-7/h2-3H,4,8H2,1H3,(H,9,10,12). The third-order valence-corrected chi connectivity index (χ3v) is 1.68. The molecule has 0 aliphatic rings. The minimum absolute atomic E-state index is 0.231. The molecule has 74 valence electrons. The second-order valence-corrected chi connectivity index (χ2v) is 2.69. The van der Waals surface area contributed by atoms with Gasteiger partial charge in [-0.2, -0.15) is 0 Å². The van der Waals surface area contributed by atoms with Crippen LogP contribution in [0.1, 0.15) is 5.89 Å². The van der Waals surface area contributed by atoms with Crippen molar-refractivity contribution in [2.45, 2.75) is 6.54 Å². The summed E-state index contributed by atoms with van der Waals surface area (Å²) in [6.45, 7) is 0.231. The highest BCUT2D eigenvalue weighted by atomic mass is 16.4. The molecule has 14 heavy (non-hydrogen) atoms. The van der Waals surface area contributed by atoms with E-state index >= 15 is 0 Å². The molecule has 0 amide bonds. The van der Waals surface area contributed by atoms with E-state index in [1.807, 2.05) is 13.2 Å². The molecule has 3 N–H and O–H groups in total. The third-order valence-electron chi connectivity index (χ3n) is 1.68. The van der Waals surface area contributed by atoms with Crippen LogP contribution in [0.25, 0.3) is 0 Å². The van der Waals surface area contributed by atoms with Gasteiger partial charge in [-0.05, 0) is 0 Å². The fourth-order valence-electron chi connectivity index (χ4n) is 0.968. The van der Waals surface area contributed by atoms with Gasteiger partial charge in [0.15, 0.2) is 0 Å². The zero-order valence-corrected chi connectivity index (χ0v) is 7.64. The second kappa shape index (κ2) is 3.46. The average molecular weight is 194 g/mol. The van der Waals surface area contributed by atoms with E-state index in [1.165, 1.54) is 0 Å². The van der Waals surface area contributed by atoms with E-state index in [0.29, 0.717) is 17.9 Å². The first kappa shape index (κ1) is 8.70. The molecule has 7 nitrogen and oxygen atoms in total. The molecule has 0 aliphatic carbocycles. The van der Waals surface area contributed by atoms with E-state index in [0.717, 1.165) is 0 Å². The van der Waals surface area contributed by atoms with E-state index in [9.17, 15) is 0 Å². The molecule has 2 rings (SSSR count). The van der Waals surface area contributed by atoms with Gasteiger partial charge in [0.1, 0.15) is 0 Å². The van der Waals surface area contributed by atoms with Crippen molar-refractivity contribution < 1.29 is 4.42 Å². The molecule has 0 spiro atoms. The summed E-state index contributed by atoms with van der Waals surface area (Å²) < 4.78 is 6.95. The lowest BCUT2D eigenvalue weighted by Crippen LogP contribution is -1.98. The van der Waals surface area contributed by atoms with Gasteiger partial charge in [0, 0.05) is 19.4 Å². The minimum atomic E-state index is 0.231. The number of hydrogen-bond donors (Lipinski definition) is 2. The second-order valence-electron chi connectivity index (χ2n) is 2.69. The summed E-state index contributed by atoms with van der Waals surface area (Å²) in [5.41, 5.74) is 5.32. The molecule has 0 fully saturated rings. The number of nitrogens with two attached hydrogens (primary N) is 1. The van der Waals surface area contributed by atoms with Gasteiger partial charge in [0.2, 0.25) is 11.8 Å². The number of aromatic nitrogens is 4. The van der Waals surface area contributed by atoms with Crippen LogP contribution in [0.3, 0.4) is 0 Å².